The minimum absolute atomic E-state index is 0.353. The fraction of sp³-hybridized carbons (Fsp3) is 0. The second-order valence-corrected chi connectivity index (χ2v) is 2.29. The highest BCUT2D eigenvalue weighted by molar-refractivity contribution is 7.67. The van der Waals surface area contributed by atoms with Crippen LogP contribution in [0.3, 0.4) is 0 Å². The zero-order valence-corrected chi connectivity index (χ0v) is 6.36. The van der Waals surface area contributed by atoms with Gasteiger partial charge in [0, 0.05) is 0 Å². The SMILES string of the molecule is O=[SH](=O)OOc1ccccc1. The van der Waals surface area contributed by atoms with Crippen LogP contribution >= 0.6 is 0 Å². The van der Waals surface area contributed by atoms with E-state index in [9.17, 15) is 8.42 Å². The van der Waals surface area contributed by atoms with E-state index in [1.54, 1.807) is 30.3 Å². The molecule has 11 heavy (non-hydrogen) atoms. The second-order valence-electron chi connectivity index (χ2n) is 1.69. The summed E-state index contributed by atoms with van der Waals surface area (Å²) in [5, 5.41) is 0. The van der Waals surface area contributed by atoms with Gasteiger partial charge in [0.15, 0.2) is 5.75 Å². The molecule has 0 aliphatic heterocycles. The number of benzene rings is 1. The lowest BCUT2D eigenvalue weighted by Gasteiger charge is -1.95. The van der Waals surface area contributed by atoms with Crippen molar-refractivity contribution in [1.29, 1.82) is 0 Å². The largest absolute Gasteiger partial charge is 0.321 e. The topological polar surface area (TPSA) is 52.6 Å². The Morgan fingerprint density at radius 3 is 2.27 bits per heavy atom. The number of rotatable bonds is 3. The Morgan fingerprint density at radius 1 is 1.09 bits per heavy atom. The van der Waals surface area contributed by atoms with E-state index >= 15 is 0 Å². The number of thiol groups is 1. The summed E-state index contributed by atoms with van der Waals surface area (Å²) in [5.41, 5.74) is 0. The van der Waals surface area contributed by atoms with E-state index in [2.05, 4.69) is 9.22 Å². The Kier molecular flexibility index (Phi) is 2.88. The monoisotopic (exact) mass is 174 g/mol. The van der Waals surface area contributed by atoms with E-state index in [4.69, 9.17) is 0 Å². The number of para-hydroxylation sites is 1. The molecule has 0 saturated carbocycles. The minimum atomic E-state index is -2.95. The molecule has 0 spiro atoms. The molecule has 60 valence electrons. The van der Waals surface area contributed by atoms with Crippen molar-refractivity contribution in [1.82, 2.24) is 0 Å². The summed E-state index contributed by atoms with van der Waals surface area (Å²) in [6, 6.07) is 8.36. The molecule has 0 bridgehead atoms. The van der Waals surface area contributed by atoms with Crippen LogP contribution in [-0.4, -0.2) is 8.42 Å². The van der Waals surface area contributed by atoms with Gasteiger partial charge in [-0.2, -0.15) is 8.42 Å². The average molecular weight is 174 g/mol. The predicted octanol–water partition coefficient (Wildman–Crippen LogP) is 0.523. The van der Waals surface area contributed by atoms with Gasteiger partial charge in [-0.25, -0.2) is 0 Å². The highest BCUT2D eigenvalue weighted by atomic mass is 32.2. The first-order valence-electron chi connectivity index (χ1n) is 2.83. The lowest BCUT2D eigenvalue weighted by Crippen LogP contribution is -1.93. The van der Waals surface area contributed by atoms with Crippen molar-refractivity contribution in [3.63, 3.8) is 0 Å². The molecule has 1 aromatic rings. The molecule has 5 heteroatoms. The molecule has 1 rings (SSSR count). The summed E-state index contributed by atoms with van der Waals surface area (Å²) in [5.74, 6) is 0.353. The maximum absolute atomic E-state index is 9.86. The van der Waals surface area contributed by atoms with Crippen LogP contribution in [0.1, 0.15) is 0 Å². The van der Waals surface area contributed by atoms with Gasteiger partial charge >= 0.3 is 0 Å². The molecule has 0 atom stereocenters. The van der Waals surface area contributed by atoms with Crippen molar-refractivity contribution < 1.29 is 17.6 Å². The molecule has 0 fully saturated rings. The van der Waals surface area contributed by atoms with Gasteiger partial charge in [-0.1, -0.05) is 22.5 Å². The average Bonchev–Trinajstić information content (AvgIpc) is 2.03. The fourth-order valence-corrected chi connectivity index (χ4v) is 0.696. The van der Waals surface area contributed by atoms with Crippen molar-refractivity contribution >= 4 is 11.0 Å². The van der Waals surface area contributed by atoms with E-state index in [1.165, 1.54) is 0 Å². The lowest BCUT2D eigenvalue weighted by molar-refractivity contribution is -0.0873. The Morgan fingerprint density at radius 2 is 1.73 bits per heavy atom. The first kappa shape index (κ1) is 8.03. The quantitative estimate of drug-likeness (QED) is 0.412. The molecule has 0 saturated heterocycles. The third-order valence-electron chi connectivity index (χ3n) is 0.938. The summed E-state index contributed by atoms with van der Waals surface area (Å²) in [6.07, 6.45) is 0. The van der Waals surface area contributed by atoms with Crippen LogP contribution in [0, 0.1) is 0 Å². The molecule has 0 unspecified atom stereocenters. The van der Waals surface area contributed by atoms with Crippen molar-refractivity contribution in [2.45, 2.75) is 0 Å². The Balaban J connectivity index is 2.52. The second kappa shape index (κ2) is 3.95. The normalized spacial score (nSPS) is 9.91. The van der Waals surface area contributed by atoms with Crippen molar-refractivity contribution in [3.8, 4) is 5.75 Å². The number of hydrogen-bond acceptors (Lipinski definition) is 4. The van der Waals surface area contributed by atoms with Gasteiger partial charge in [-0.3, -0.25) is 0 Å². The van der Waals surface area contributed by atoms with Crippen LogP contribution in [0.15, 0.2) is 30.3 Å². The van der Waals surface area contributed by atoms with Crippen LogP contribution in [0.4, 0.5) is 0 Å². The summed E-state index contributed by atoms with van der Waals surface area (Å²) in [4.78, 5) is 4.37. The smallest absolute Gasteiger partial charge is 0.293 e. The molecule has 0 aliphatic rings. The first-order chi connectivity index (χ1) is 5.29. The van der Waals surface area contributed by atoms with E-state index in [0.29, 0.717) is 5.75 Å². The van der Waals surface area contributed by atoms with E-state index in [-0.39, 0.29) is 0 Å². The molecular weight excluding hydrogens is 168 g/mol. The molecule has 0 amide bonds. The van der Waals surface area contributed by atoms with Gasteiger partial charge in [-0.15, -0.1) is 0 Å². The maximum atomic E-state index is 9.86. The highest BCUT2D eigenvalue weighted by Crippen LogP contribution is 2.07. The Bertz CT molecular complexity index is 272. The summed E-state index contributed by atoms with van der Waals surface area (Å²) >= 11 is 0. The molecule has 1 aromatic carbocycles. The van der Waals surface area contributed by atoms with E-state index in [1.807, 2.05) is 0 Å². The van der Waals surface area contributed by atoms with Crippen LogP contribution in [0.5, 0.6) is 5.75 Å². The fourth-order valence-electron chi connectivity index (χ4n) is 0.550. The first-order valence-corrected chi connectivity index (χ1v) is 3.92. The third-order valence-corrected chi connectivity index (χ3v) is 1.13. The van der Waals surface area contributed by atoms with E-state index < -0.39 is 11.0 Å². The van der Waals surface area contributed by atoms with Gasteiger partial charge in [0.1, 0.15) is 0 Å². The standard InChI is InChI=1S/C6H6O4S/c7-11(8)10-9-6-4-2-1-3-5-6/h1-5,11H. The zero-order valence-electron chi connectivity index (χ0n) is 5.47. The van der Waals surface area contributed by atoms with E-state index in [0.717, 1.165) is 0 Å². The van der Waals surface area contributed by atoms with Crippen LogP contribution in [0.2, 0.25) is 0 Å². The van der Waals surface area contributed by atoms with Gasteiger partial charge in [-0.05, 0) is 12.1 Å². The highest BCUT2D eigenvalue weighted by Gasteiger charge is 1.91. The van der Waals surface area contributed by atoms with Crippen LogP contribution < -0.4 is 4.89 Å². The predicted molar refractivity (Wildman–Crippen MR) is 38.5 cm³/mol. The molecule has 0 aromatic heterocycles. The van der Waals surface area contributed by atoms with Gasteiger partial charge in [0.2, 0.25) is 0 Å². The summed E-state index contributed by atoms with van der Waals surface area (Å²) < 4.78 is 23.6. The Labute approximate surface area is 65.5 Å². The maximum Gasteiger partial charge on any atom is 0.293 e. The summed E-state index contributed by atoms with van der Waals surface area (Å²) in [7, 11) is -2.95. The minimum Gasteiger partial charge on any atom is -0.321 e. The van der Waals surface area contributed by atoms with Gasteiger partial charge < -0.3 is 4.89 Å². The summed E-state index contributed by atoms with van der Waals surface area (Å²) in [6.45, 7) is 0. The Hall–Kier alpha value is -1.07. The van der Waals surface area contributed by atoms with Crippen molar-refractivity contribution in [3.05, 3.63) is 30.3 Å². The van der Waals surface area contributed by atoms with Crippen molar-refractivity contribution in [2.75, 3.05) is 0 Å². The molecule has 0 aliphatic carbocycles. The third kappa shape index (κ3) is 3.01. The van der Waals surface area contributed by atoms with Crippen molar-refractivity contribution in [2.24, 2.45) is 0 Å². The van der Waals surface area contributed by atoms with Gasteiger partial charge in [0.25, 0.3) is 11.0 Å². The lowest BCUT2D eigenvalue weighted by atomic mass is 10.3. The molecule has 0 N–H and O–H groups in total. The van der Waals surface area contributed by atoms with Crippen LogP contribution in [0.25, 0.3) is 0 Å². The number of hydrogen-bond donors (Lipinski definition) is 1. The molecule has 0 heterocycles. The molecule has 4 nitrogen and oxygen atoms in total. The zero-order chi connectivity index (χ0) is 8.10. The molecule has 0 radical (unpaired) electrons. The van der Waals surface area contributed by atoms with Gasteiger partial charge in [0.05, 0.1) is 0 Å². The molecular formula is C6H6O4S. The van der Waals surface area contributed by atoms with Crippen LogP contribution in [-0.2, 0) is 15.3 Å².